The lowest BCUT2D eigenvalue weighted by atomic mass is 9.93. The number of carbonyl (C=O) groups is 1. The van der Waals surface area contributed by atoms with Gasteiger partial charge in [-0.1, -0.05) is 11.3 Å². The molecule has 1 amide bonds. The van der Waals surface area contributed by atoms with E-state index < -0.39 is 0 Å². The summed E-state index contributed by atoms with van der Waals surface area (Å²) in [7, 11) is 0. The predicted molar refractivity (Wildman–Crippen MR) is 81.1 cm³/mol. The fourth-order valence-corrected chi connectivity index (χ4v) is 3.45. The van der Waals surface area contributed by atoms with Crippen molar-refractivity contribution in [1.82, 2.24) is 10.3 Å². The van der Waals surface area contributed by atoms with E-state index in [0.29, 0.717) is 16.7 Å². The molecule has 1 aliphatic heterocycles. The maximum absolute atomic E-state index is 12.2. The van der Waals surface area contributed by atoms with Gasteiger partial charge < -0.3 is 21.7 Å². The number of hydrogen-bond donors (Lipinski definition) is 3. The van der Waals surface area contributed by atoms with Crippen molar-refractivity contribution in [1.29, 1.82) is 0 Å². The zero-order valence-electron chi connectivity index (χ0n) is 11.5. The number of nitrogens with zero attached hydrogens (tertiary/aromatic N) is 2. The molecule has 1 saturated carbocycles. The summed E-state index contributed by atoms with van der Waals surface area (Å²) in [5, 5.41) is 3.85. The second-order valence-electron chi connectivity index (χ2n) is 5.64. The minimum absolute atomic E-state index is 0.0790. The Morgan fingerprint density at radius 1 is 1.30 bits per heavy atom. The van der Waals surface area contributed by atoms with E-state index >= 15 is 0 Å². The van der Waals surface area contributed by atoms with E-state index in [2.05, 4.69) is 15.2 Å². The number of anilines is 2. The van der Waals surface area contributed by atoms with Crippen LogP contribution in [0.25, 0.3) is 0 Å². The number of nitrogens with two attached hydrogens (primary N) is 2. The van der Waals surface area contributed by atoms with E-state index in [9.17, 15) is 4.79 Å². The Labute approximate surface area is 122 Å². The Morgan fingerprint density at radius 3 is 2.60 bits per heavy atom. The Hall–Kier alpha value is -1.34. The highest BCUT2D eigenvalue weighted by molar-refractivity contribution is 7.18. The molecule has 2 fully saturated rings. The lowest BCUT2D eigenvalue weighted by Gasteiger charge is -2.29. The Bertz CT molecular complexity index is 491. The van der Waals surface area contributed by atoms with Crippen LogP contribution in [0.2, 0.25) is 0 Å². The fraction of sp³-hybridized carbons (Fsp3) is 0.692. The molecule has 0 atom stereocenters. The minimum Gasteiger partial charge on any atom is -0.382 e. The lowest BCUT2D eigenvalue weighted by Crippen LogP contribution is -2.39. The molecule has 2 heterocycles. The van der Waals surface area contributed by atoms with Gasteiger partial charge in [-0.2, -0.15) is 0 Å². The van der Waals surface area contributed by atoms with Gasteiger partial charge in [-0.15, -0.1) is 0 Å². The van der Waals surface area contributed by atoms with Gasteiger partial charge in [0.1, 0.15) is 10.7 Å². The smallest absolute Gasteiger partial charge is 0.265 e. The first-order valence-electron chi connectivity index (χ1n) is 7.21. The van der Waals surface area contributed by atoms with Crippen LogP contribution in [0.3, 0.4) is 0 Å². The third kappa shape index (κ3) is 2.73. The van der Waals surface area contributed by atoms with Gasteiger partial charge in [0.25, 0.3) is 5.91 Å². The van der Waals surface area contributed by atoms with Gasteiger partial charge in [-0.25, -0.2) is 4.98 Å². The highest BCUT2D eigenvalue weighted by Crippen LogP contribution is 2.30. The van der Waals surface area contributed by atoms with E-state index in [1.54, 1.807) is 0 Å². The number of thiazole rings is 1. The summed E-state index contributed by atoms with van der Waals surface area (Å²) >= 11 is 1.39. The van der Waals surface area contributed by atoms with Gasteiger partial charge >= 0.3 is 0 Å². The molecule has 0 spiro atoms. The first kappa shape index (κ1) is 13.6. The molecule has 1 aliphatic carbocycles. The van der Waals surface area contributed by atoms with Crippen LogP contribution in [-0.4, -0.2) is 36.1 Å². The summed E-state index contributed by atoms with van der Waals surface area (Å²) in [5.41, 5.74) is 11.8. The summed E-state index contributed by atoms with van der Waals surface area (Å²) in [6.07, 6.45) is 5.26. The van der Waals surface area contributed by atoms with E-state index in [4.69, 9.17) is 11.5 Å². The molecule has 0 unspecified atom stereocenters. The average Bonchev–Trinajstić information content (AvgIpc) is 2.77. The standard InChI is InChI=1S/C13H21N5OS/c14-8-4-6-18(7-5-8)13-17-11(15)10(20-13)12(19)16-9-2-1-3-9/h8-9H,1-7,14-15H2,(H,16,19). The van der Waals surface area contributed by atoms with Gasteiger partial charge in [0.05, 0.1) is 0 Å². The number of amides is 1. The Balaban J connectivity index is 1.68. The summed E-state index contributed by atoms with van der Waals surface area (Å²) in [5.74, 6) is 0.265. The van der Waals surface area contributed by atoms with Crippen molar-refractivity contribution < 1.29 is 4.79 Å². The molecule has 3 rings (SSSR count). The third-order valence-corrected chi connectivity index (χ3v) is 5.23. The third-order valence-electron chi connectivity index (χ3n) is 4.10. The van der Waals surface area contributed by atoms with Crippen LogP contribution in [0.1, 0.15) is 41.8 Å². The van der Waals surface area contributed by atoms with E-state index in [1.165, 1.54) is 17.8 Å². The van der Waals surface area contributed by atoms with Crippen LogP contribution in [0.4, 0.5) is 10.9 Å². The number of nitrogen functional groups attached to an aromatic ring is 1. The van der Waals surface area contributed by atoms with Crippen LogP contribution < -0.4 is 21.7 Å². The zero-order valence-corrected chi connectivity index (χ0v) is 12.3. The maximum atomic E-state index is 12.2. The molecule has 6 nitrogen and oxygen atoms in total. The van der Waals surface area contributed by atoms with Crippen LogP contribution >= 0.6 is 11.3 Å². The van der Waals surface area contributed by atoms with Crippen molar-refractivity contribution in [2.45, 2.75) is 44.2 Å². The number of rotatable bonds is 3. The Morgan fingerprint density at radius 2 is 2.00 bits per heavy atom. The highest BCUT2D eigenvalue weighted by atomic mass is 32.1. The average molecular weight is 295 g/mol. The molecule has 110 valence electrons. The molecule has 1 aromatic rings. The predicted octanol–water partition coefficient (Wildman–Crippen LogP) is 0.935. The summed E-state index contributed by atoms with van der Waals surface area (Å²) in [4.78, 5) is 19.2. The molecule has 7 heteroatoms. The van der Waals surface area contributed by atoms with Crippen LogP contribution in [0, 0.1) is 0 Å². The largest absolute Gasteiger partial charge is 0.382 e. The molecule has 5 N–H and O–H groups in total. The van der Waals surface area contributed by atoms with Gasteiger partial charge in [-0.05, 0) is 32.1 Å². The van der Waals surface area contributed by atoms with E-state index in [-0.39, 0.29) is 11.9 Å². The summed E-state index contributed by atoms with van der Waals surface area (Å²) in [6, 6.07) is 0.602. The molecule has 20 heavy (non-hydrogen) atoms. The molecule has 1 saturated heterocycles. The summed E-state index contributed by atoms with van der Waals surface area (Å²) < 4.78 is 0. The quantitative estimate of drug-likeness (QED) is 0.771. The number of carbonyl (C=O) groups excluding carboxylic acids is 1. The number of piperidine rings is 1. The number of nitrogens with one attached hydrogen (secondary N) is 1. The van der Waals surface area contributed by atoms with Crippen molar-refractivity contribution in [2.75, 3.05) is 23.7 Å². The van der Waals surface area contributed by atoms with Gasteiger partial charge in [-0.3, -0.25) is 4.79 Å². The topological polar surface area (TPSA) is 97.3 Å². The van der Waals surface area contributed by atoms with Crippen molar-refractivity contribution in [2.24, 2.45) is 5.73 Å². The molecule has 1 aromatic heterocycles. The van der Waals surface area contributed by atoms with Gasteiger partial charge in [0, 0.05) is 25.2 Å². The second-order valence-corrected chi connectivity index (χ2v) is 6.61. The molecular formula is C13H21N5OS. The SMILES string of the molecule is Nc1nc(N2CCC(N)CC2)sc1C(=O)NC1CCC1. The molecule has 0 bridgehead atoms. The zero-order chi connectivity index (χ0) is 14.1. The Kier molecular flexibility index (Phi) is 3.80. The summed E-state index contributed by atoms with van der Waals surface area (Å²) in [6.45, 7) is 1.77. The van der Waals surface area contributed by atoms with Crippen molar-refractivity contribution >= 4 is 28.2 Å². The van der Waals surface area contributed by atoms with Gasteiger partial charge in [0.2, 0.25) is 0 Å². The normalized spacial score (nSPS) is 20.8. The molecule has 0 radical (unpaired) electrons. The van der Waals surface area contributed by atoms with Crippen molar-refractivity contribution in [3.8, 4) is 0 Å². The van der Waals surface area contributed by atoms with Crippen LogP contribution in [0.5, 0.6) is 0 Å². The molecular weight excluding hydrogens is 274 g/mol. The van der Waals surface area contributed by atoms with Gasteiger partial charge in [0.15, 0.2) is 5.13 Å². The van der Waals surface area contributed by atoms with E-state index in [1.807, 2.05) is 0 Å². The highest BCUT2D eigenvalue weighted by Gasteiger charge is 2.25. The van der Waals surface area contributed by atoms with Crippen LogP contribution in [0.15, 0.2) is 0 Å². The first-order chi connectivity index (χ1) is 9.63. The first-order valence-corrected chi connectivity index (χ1v) is 8.03. The molecule has 0 aromatic carbocycles. The number of aromatic nitrogens is 1. The molecule has 2 aliphatic rings. The maximum Gasteiger partial charge on any atom is 0.265 e. The lowest BCUT2D eigenvalue weighted by molar-refractivity contribution is 0.0922. The second kappa shape index (κ2) is 5.57. The monoisotopic (exact) mass is 295 g/mol. The van der Waals surface area contributed by atoms with Crippen molar-refractivity contribution in [3.05, 3.63) is 4.88 Å². The van der Waals surface area contributed by atoms with Crippen molar-refractivity contribution in [3.63, 3.8) is 0 Å². The van der Waals surface area contributed by atoms with Crippen LogP contribution in [-0.2, 0) is 0 Å². The minimum atomic E-state index is -0.0790. The fourth-order valence-electron chi connectivity index (χ4n) is 2.51. The number of hydrogen-bond acceptors (Lipinski definition) is 6. The van der Waals surface area contributed by atoms with E-state index in [0.717, 1.165) is 43.9 Å².